The fourth-order valence-electron chi connectivity index (χ4n) is 6.96. The summed E-state index contributed by atoms with van der Waals surface area (Å²) in [6.45, 7) is 1.75. The van der Waals surface area contributed by atoms with Crippen molar-refractivity contribution in [2.75, 3.05) is 19.0 Å². The average Bonchev–Trinajstić information content (AvgIpc) is 3.37. The number of hydrogen-bond acceptors (Lipinski definition) is 4. The zero-order valence-electron chi connectivity index (χ0n) is 23.5. The van der Waals surface area contributed by atoms with E-state index in [1.54, 1.807) is 13.2 Å². The van der Waals surface area contributed by atoms with Gasteiger partial charge in [-0.3, -0.25) is 0 Å². The number of nitrogens with one attached hydrogen (secondary N) is 1. The van der Waals surface area contributed by atoms with Crippen molar-refractivity contribution < 1.29 is 14.6 Å². The molecule has 41 heavy (non-hydrogen) atoms. The van der Waals surface area contributed by atoms with Crippen LogP contribution in [0.3, 0.4) is 0 Å². The molecule has 1 aliphatic carbocycles. The van der Waals surface area contributed by atoms with Crippen molar-refractivity contribution in [3.05, 3.63) is 77.9 Å². The molecule has 6 heteroatoms. The normalized spacial score (nSPS) is 15.8. The Bertz CT molecular complexity index is 1760. The first-order valence-corrected chi connectivity index (χ1v) is 14.8. The van der Waals surface area contributed by atoms with Crippen LogP contribution in [0.5, 0.6) is 5.75 Å². The van der Waals surface area contributed by atoms with Gasteiger partial charge in [0.05, 0.1) is 35.3 Å². The Morgan fingerprint density at radius 2 is 1.73 bits per heavy atom. The molecule has 0 amide bonds. The van der Waals surface area contributed by atoms with Gasteiger partial charge in [0.1, 0.15) is 5.75 Å². The minimum absolute atomic E-state index is 0.347. The van der Waals surface area contributed by atoms with Crippen molar-refractivity contribution in [3.8, 4) is 28.3 Å². The Balaban J connectivity index is 1.46. The third-order valence-corrected chi connectivity index (χ3v) is 8.99. The highest BCUT2D eigenvalue weighted by Gasteiger charge is 2.29. The first-order valence-electron chi connectivity index (χ1n) is 14.8. The summed E-state index contributed by atoms with van der Waals surface area (Å²) in [5, 5.41) is 15.9. The topological polar surface area (TPSA) is 76.4 Å². The van der Waals surface area contributed by atoms with Crippen LogP contribution in [0.4, 0.5) is 5.69 Å². The van der Waals surface area contributed by atoms with Crippen LogP contribution in [0.25, 0.3) is 44.3 Å². The van der Waals surface area contributed by atoms with Gasteiger partial charge in [-0.25, -0.2) is 9.78 Å². The van der Waals surface area contributed by atoms with Crippen LogP contribution in [-0.2, 0) is 6.54 Å². The van der Waals surface area contributed by atoms with Crippen LogP contribution in [-0.4, -0.2) is 34.3 Å². The second-order valence-electron chi connectivity index (χ2n) is 11.4. The number of carbonyl (C=O) groups is 1. The van der Waals surface area contributed by atoms with E-state index in [1.807, 2.05) is 30.3 Å². The summed E-state index contributed by atoms with van der Waals surface area (Å²) in [6.07, 6.45) is 8.18. The summed E-state index contributed by atoms with van der Waals surface area (Å²) in [7, 11) is 1.68. The lowest BCUT2D eigenvalue weighted by molar-refractivity contribution is 0.0697. The number of aromatic carboxylic acids is 1. The van der Waals surface area contributed by atoms with Crippen LogP contribution in [0, 0.1) is 0 Å². The molecule has 0 atom stereocenters. The van der Waals surface area contributed by atoms with Crippen molar-refractivity contribution in [2.45, 2.75) is 57.4 Å². The van der Waals surface area contributed by atoms with E-state index in [9.17, 15) is 9.90 Å². The molecule has 2 N–H and O–H groups in total. The first-order chi connectivity index (χ1) is 20.1. The van der Waals surface area contributed by atoms with Gasteiger partial charge in [0.2, 0.25) is 0 Å². The standard InChI is InChI=1S/C35H35N3O3/c1-41-25-12-9-22(10-13-25)29-17-15-26-30(37-29)18-16-28-33(26)36-19-5-6-20-38-31-21-24(35(39)40)11-14-27(31)32(34(28)38)23-7-3-2-4-8-23/h9-18,21,23,36H,2-8,19-20H2,1H3,(H,39,40). The number of carboxylic acid groups (broad SMARTS) is 1. The maximum absolute atomic E-state index is 12.0. The summed E-state index contributed by atoms with van der Waals surface area (Å²) < 4.78 is 7.75. The summed E-state index contributed by atoms with van der Waals surface area (Å²) in [4.78, 5) is 17.0. The fraction of sp³-hybridized carbons (Fsp3) is 0.314. The molecule has 7 rings (SSSR count). The second kappa shape index (κ2) is 10.6. The maximum atomic E-state index is 12.0. The number of nitrogens with zero attached hydrogens (tertiary/aromatic N) is 2. The monoisotopic (exact) mass is 545 g/mol. The lowest BCUT2D eigenvalue weighted by Gasteiger charge is -2.24. The number of benzene rings is 3. The second-order valence-corrected chi connectivity index (χ2v) is 11.4. The largest absolute Gasteiger partial charge is 0.497 e. The van der Waals surface area contributed by atoms with Gasteiger partial charge in [0, 0.05) is 40.5 Å². The molecular formula is C35H35N3O3. The molecule has 3 aromatic carbocycles. The molecule has 6 nitrogen and oxygen atoms in total. The Morgan fingerprint density at radius 3 is 2.51 bits per heavy atom. The smallest absolute Gasteiger partial charge is 0.335 e. The van der Waals surface area contributed by atoms with Gasteiger partial charge in [-0.2, -0.15) is 0 Å². The molecule has 0 saturated heterocycles. The van der Waals surface area contributed by atoms with Crippen molar-refractivity contribution in [1.82, 2.24) is 9.55 Å². The van der Waals surface area contributed by atoms with Crippen molar-refractivity contribution in [3.63, 3.8) is 0 Å². The number of hydrogen-bond donors (Lipinski definition) is 2. The van der Waals surface area contributed by atoms with E-state index in [0.717, 1.165) is 65.0 Å². The van der Waals surface area contributed by atoms with Crippen molar-refractivity contribution in [2.24, 2.45) is 0 Å². The molecule has 5 aromatic rings. The van der Waals surface area contributed by atoms with Crippen LogP contribution in [0.1, 0.15) is 66.8 Å². The molecule has 2 aromatic heterocycles. The average molecular weight is 546 g/mol. The Morgan fingerprint density at radius 1 is 0.927 bits per heavy atom. The Hall–Kier alpha value is -4.32. The highest BCUT2D eigenvalue weighted by Crippen LogP contribution is 2.47. The number of aryl methyl sites for hydroxylation is 1. The first kappa shape index (κ1) is 25.6. The molecule has 0 radical (unpaired) electrons. The highest BCUT2D eigenvalue weighted by atomic mass is 16.5. The third-order valence-electron chi connectivity index (χ3n) is 8.99. The van der Waals surface area contributed by atoms with Crippen LogP contribution in [0.15, 0.2) is 66.7 Å². The van der Waals surface area contributed by atoms with Gasteiger partial charge >= 0.3 is 5.97 Å². The molecule has 208 valence electrons. The minimum Gasteiger partial charge on any atom is -0.497 e. The quantitative estimate of drug-likeness (QED) is 0.237. The number of rotatable bonds is 4. The predicted molar refractivity (Wildman–Crippen MR) is 165 cm³/mol. The predicted octanol–water partition coefficient (Wildman–Crippen LogP) is 8.48. The molecule has 1 fully saturated rings. The Kier molecular flexibility index (Phi) is 6.62. The number of pyridine rings is 1. The summed E-state index contributed by atoms with van der Waals surface area (Å²) >= 11 is 0. The van der Waals surface area contributed by atoms with E-state index in [-0.39, 0.29) is 0 Å². The van der Waals surface area contributed by atoms with E-state index < -0.39 is 5.97 Å². The fourth-order valence-corrected chi connectivity index (χ4v) is 6.96. The van der Waals surface area contributed by atoms with E-state index in [2.05, 4.69) is 40.2 Å². The van der Waals surface area contributed by atoms with E-state index >= 15 is 0 Å². The molecule has 0 bridgehead atoms. The number of fused-ring (bicyclic) bond motifs is 7. The Labute approximate surface area is 240 Å². The summed E-state index contributed by atoms with van der Waals surface area (Å²) in [6, 6.07) is 22.4. The van der Waals surface area contributed by atoms with Crippen molar-refractivity contribution >= 4 is 33.5 Å². The van der Waals surface area contributed by atoms with Gasteiger partial charge in [0.15, 0.2) is 0 Å². The molecule has 1 aliphatic heterocycles. The summed E-state index contributed by atoms with van der Waals surface area (Å²) in [5.74, 6) is 0.422. The highest BCUT2D eigenvalue weighted by molar-refractivity contribution is 6.04. The molecule has 0 unspecified atom stereocenters. The van der Waals surface area contributed by atoms with E-state index in [0.29, 0.717) is 11.5 Å². The lowest BCUT2D eigenvalue weighted by Crippen LogP contribution is -2.08. The van der Waals surface area contributed by atoms with E-state index in [4.69, 9.17) is 9.72 Å². The van der Waals surface area contributed by atoms with Gasteiger partial charge in [-0.05, 0) is 97.8 Å². The van der Waals surface area contributed by atoms with Crippen molar-refractivity contribution in [1.29, 1.82) is 0 Å². The number of methoxy groups -OCH3 is 1. The minimum atomic E-state index is -0.878. The number of anilines is 1. The number of ether oxygens (including phenoxy) is 1. The van der Waals surface area contributed by atoms with Gasteiger partial charge < -0.3 is 19.7 Å². The summed E-state index contributed by atoms with van der Waals surface area (Å²) in [5.41, 5.74) is 9.29. The number of carboxylic acids is 1. The third kappa shape index (κ3) is 4.51. The van der Waals surface area contributed by atoms with Crippen LogP contribution >= 0.6 is 0 Å². The lowest BCUT2D eigenvalue weighted by atomic mass is 9.81. The molecule has 3 heterocycles. The zero-order valence-corrected chi connectivity index (χ0v) is 23.5. The van der Waals surface area contributed by atoms with Crippen LogP contribution < -0.4 is 10.1 Å². The van der Waals surface area contributed by atoms with Crippen LogP contribution in [0.2, 0.25) is 0 Å². The zero-order chi connectivity index (χ0) is 27.9. The molecule has 0 spiro atoms. The van der Waals surface area contributed by atoms with Gasteiger partial charge in [-0.1, -0.05) is 25.3 Å². The van der Waals surface area contributed by atoms with Gasteiger partial charge in [0.25, 0.3) is 0 Å². The molecular weight excluding hydrogens is 510 g/mol. The molecule has 1 saturated carbocycles. The number of aromatic nitrogens is 2. The maximum Gasteiger partial charge on any atom is 0.335 e. The van der Waals surface area contributed by atoms with E-state index in [1.165, 1.54) is 54.3 Å². The SMILES string of the molecule is COc1ccc(-c2ccc3c4c(ccc3n2)-c2c(C3CCCCC3)c3ccc(C(=O)O)cc3n2CCCCN4)cc1. The molecule has 2 aliphatic rings. The van der Waals surface area contributed by atoms with Gasteiger partial charge in [-0.15, -0.1) is 0 Å².